The van der Waals surface area contributed by atoms with Crippen molar-refractivity contribution >= 4 is 34.8 Å². The predicted molar refractivity (Wildman–Crippen MR) is 113 cm³/mol. The van der Waals surface area contributed by atoms with Gasteiger partial charge in [-0.05, 0) is 50.1 Å². The number of halogens is 2. The maximum absolute atomic E-state index is 13.3. The van der Waals surface area contributed by atoms with Crippen molar-refractivity contribution in [2.75, 3.05) is 5.32 Å². The third-order valence-electron chi connectivity index (χ3n) is 4.13. The second-order valence-electron chi connectivity index (χ2n) is 6.32. The first-order valence-electron chi connectivity index (χ1n) is 8.62. The summed E-state index contributed by atoms with van der Waals surface area (Å²) in [4.78, 5) is 18.2. The van der Waals surface area contributed by atoms with Crippen molar-refractivity contribution < 1.29 is 9.18 Å². The van der Waals surface area contributed by atoms with Gasteiger partial charge in [0.15, 0.2) is 5.13 Å². The van der Waals surface area contributed by atoms with Crippen LogP contribution in [-0.2, 0) is 6.42 Å². The van der Waals surface area contributed by atoms with E-state index in [-0.39, 0.29) is 23.9 Å². The highest BCUT2D eigenvalue weighted by atomic mass is 35.5. The van der Waals surface area contributed by atoms with Crippen LogP contribution in [0.4, 0.5) is 9.52 Å². The molecule has 6 heteroatoms. The van der Waals surface area contributed by atoms with Crippen molar-refractivity contribution in [3.63, 3.8) is 0 Å². The number of nitrogens with one attached hydrogen (secondary N) is 1. The first-order valence-corrected chi connectivity index (χ1v) is 9.44. The standard InChI is InChI=1S/C21H21FN2OS.ClH/c1-4-6-18-19(17-11-13(2)9-10-14(17)3)23-21(26-18)24-20(25)15-7-5-8-16(22)12-15;/h5,7-12H,4,6H2,1-3H3,(H,23,24,25);1H. The summed E-state index contributed by atoms with van der Waals surface area (Å²) in [5.41, 5.74) is 4.63. The van der Waals surface area contributed by atoms with E-state index in [1.54, 1.807) is 6.07 Å². The quantitative estimate of drug-likeness (QED) is 0.550. The van der Waals surface area contributed by atoms with Crippen molar-refractivity contribution in [1.29, 1.82) is 0 Å². The molecule has 0 aliphatic heterocycles. The molecule has 0 bridgehead atoms. The van der Waals surface area contributed by atoms with Gasteiger partial charge in [0.05, 0.1) is 5.69 Å². The highest BCUT2D eigenvalue weighted by molar-refractivity contribution is 7.16. The summed E-state index contributed by atoms with van der Waals surface area (Å²) in [5.74, 6) is -0.784. The number of hydrogen-bond acceptors (Lipinski definition) is 3. The molecule has 1 amide bonds. The van der Waals surface area contributed by atoms with E-state index in [9.17, 15) is 9.18 Å². The molecule has 27 heavy (non-hydrogen) atoms. The minimum absolute atomic E-state index is 0. The molecule has 1 heterocycles. The Kier molecular flexibility index (Phi) is 7.11. The third-order valence-corrected chi connectivity index (χ3v) is 5.16. The summed E-state index contributed by atoms with van der Waals surface area (Å²) < 4.78 is 13.3. The van der Waals surface area contributed by atoms with Crippen molar-refractivity contribution in [2.45, 2.75) is 33.6 Å². The fourth-order valence-electron chi connectivity index (χ4n) is 2.80. The van der Waals surface area contributed by atoms with Gasteiger partial charge in [0.25, 0.3) is 5.91 Å². The normalized spacial score (nSPS) is 10.4. The summed E-state index contributed by atoms with van der Waals surface area (Å²) in [5, 5.41) is 3.35. The molecule has 1 N–H and O–H groups in total. The van der Waals surface area contributed by atoms with Gasteiger partial charge in [-0.3, -0.25) is 10.1 Å². The molecule has 3 nitrogen and oxygen atoms in total. The number of aromatic nitrogens is 1. The van der Waals surface area contributed by atoms with Gasteiger partial charge in [0.2, 0.25) is 0 Å². The van der Waals surface area contributed by atoms with E-state index >= 15 is 0 Å². The minimum atomic E-state index is -0.431. The monoisotopic (exact) mass is 404 g/mol. The van der Waals surface area contributed by atoms with Crippen LogP contribution >= 0.6 is 23.7 Å². The van der Waals surface area contributed by atoms with Crippen molar-refractivity contribution in [3.05, 3.63) is 69.8 Å². The molecule has 3 rings (SSSR count). The first-order chi connectivity index (χ1) is 12.5. The average molecular weight is 405 g/mol. The Labute approximate surface area is 169 Å². The second kappa shape index (κ2) is 9.11. The minimum Gasteiger partial charge on any atom is -0.298 e. The van der Waals surface area contributed by atoms with E-state index in [1.165, 1.54) is 35.1 Å². The zero-order valence-corrected chi connectivity index (χ0v) is 17.1. The molecule has 0 atom stereocenters. The van der Waals surface area contributed by atoms with E-state index < -0.39 is 5.82 Å². The van der Waals surface area contributed by atoms with Crippen LogP contribution in [0.15, 0.2) is 42.5 Å². The van der Waals surface area contributed by atoms with Crippen LogP contribution in [0.25, 0.3) is 11.3 Å². The summed E-state index contributed by atoms with van der Waals surface area (Å²) in [6.45, 7) is 6.24. The second-order valence-corrected chi connectivity index (χ2v) is 7.41. The Hall–Kier alpha value is -2.24. The average Bonchev–Trinajstić information content (AvgIpc) is 2.99. The zero-order chi connectivity index (χ0) is 18.7. The van der Waals surface area contributed by atoms with Crippen LogP contribution in [-0.4, -0.2) is 10.9 Å². The molecule has 0 radical (unpaired) electrons. The molecular weight excluding hydrogens is 383 g/mol. The fourth-order valence-corrected chi connectivity index (χ4v) is 3.87. The topological polar surface area (TPSA) is 42.0 Å². The molecule has 3 aromatic rings. The van der Waals surface area contributed by atoms with Crippen LogP contribution in [0.5, 0.6) is 0 Å². The maximum atomic E-state index is 13.3. The lowest BCUT2D eigenvalue weighted by Crippen LogP contribution is -2.11. The number of nitrogens with zero attached hydrogens (tertiary/aromatic N) is 1. The van der Waals surface area contributed by atoms with Crippen LogP contribution in [0.2, 0.25) is 0 Å². The van der Waals surface area contributed by atoms with E-state index in [4.69, 9.17) is 0 Å². The first kappa shape index (κ1) is 21.1. The highest BCUT2D eigenvalue weighted by Gasteiger charge is 2.17. The predicted octanol–water partition coefficient (Wildman–Crippen LogP) is 6.19. The summed E-state index contributed by atoms with van der Waals surface area (Å²) in [7, 11) is 0. The van der Waals surface area contributed by atoms with Crippen molar-refractivity contribution in [1.82, 2.24) is 4.98 Å². The lowest BCUT2D eigenvalue weighted by atomic mass is 10.0. The molecule has 0 fully saturated rings. The smallest absolute Gasteiger partial charge is 0.257 e. The van der Waals surface area contributed by atoms with Gasteiger partial charge in [-0.15, -0.1) is 23.7 Å². The highest BCUT2D eigenvalue weighted by Crippen LogP contribution is 2.34. The fraction of sp³-hybridized carbons (Fsp3) is 0.238. The van der Waals surface area contributed by atoms with Crippen LogP contribution in [0.3, 0.4) is 0 Å². The Morgan fingerprint density at radius 2 is 1.96 bits per heavy atom. The molecule has 2 aromatic carbocycles. The van der Waals surface area contributed by atoms with Gasteiger partial charge in [0, 0.05) is 16.0 Å². The maximum Gasteiger partial charge on any atom is 0.257 e. The molecule has 0 aliphatic rings. The molecule has 0 saturated heterocycles. The number of thiazole rings is 1. The van der Waals surface area contributed by atoms with Gasteiger partial charge < -0.3 is 0 Å². The zero-order valence-electron chi connectivity index (χ0n) is 15.5. The molecule has 0 aliphatic carbocycles. The van der Waals surface area contributed by atoms with Crippen molar-refractivity contribution in [2.24, 2.45) is 0 Å². The number of hydrogen-bond donors (Lipinski definition) is 1. The number of anilines is 1. The third kappa shape index (κ3) is 4.93. The van der Waals surface area contributed by atoms with Crippen LogP contribution in [0.1, 0.15) is 39.7 Å². The number of benzene rings is 2. The number of carbonyl (C=O) groups is 1. The Morgan fingerprint density at radius 1 is 1.19 bits per heavy atom. The Balaban J connectivity index is 0.00000261. The Morgan fingerprint density at radius 3 is 2.67 bits per heavy atom. The summed E-state index contributed by atoms with van der Waals surface area (Å²) in [6, 6.07) is 11.9. The van der Waals surface area contributed by atoms with Gasteiger partial charge in [0.1, 0.15) is 5.82 Å². The molecule has 142 valence electrons. The van der Waals surface area contributed by atoms with Gasteiger partial charge in [-0.1, -0.05) is 37.1 Å². The largest absolute Gasteiger partial charge is 0.298 e. The van der Waals surface area contributed by atoms with Gasteiger partial charge in [-0.2, -0.15) is 0 Å². The van der Waals surface area contributed by atoms with E-state index in [2.05, 4.69) is 49.3 Å². The van der Waals surface area contributed by atoms with E-state index in [0.29, 0.717) is 5.13 Å². The van der Waals surface area contributed by atoms with Gasteiger partial charge >= 0.3 is 0 Å². The molecule has 0 spiro atoms. The number of rotatable bonds is 5. The van der Waals surface area contributed by atoms with E-state index in [1.807, 2.05) is 0 Å². The van der Waals surface area contributed by atoms with Gasteiger partial charge in [-0.25, -0.2) is 9.37 Å². The SMILES string of the molecule is CCCc1sc(NC(=O)c2cccc(F)c2)nc1-c1cc(C)ccc1C.Cl. The van der Waals surface area contributed by atoms with Crippen molar-refractivity contribution in [3.8, 4) is 11.3 Å². The molecule has 0 saturated carbocycles. The summed E-state index contributed by atoms with van der Waals surface area (Å²) in [6.07, 6.45) is 1.90. The number of amides is 1. The lowest BCUT2D eigenvalue weighted by Gasteiger charge is -2.06. The number of carbonyl (C=O) groups excluding carboxylic acids is 1. The molecular formula is C21H22ClFN2OS. The van der Waals surface area contributed by atoms with Crippen LogP contribution in [0, 0.1) is 19.7 Å². The molecule has 0 unspecified atom stereocenters. The lowest BCUT2D eigenvalue weighted by molar-refractivity contribution is 0.102. The van der Waals surface area contributed by atoms with E-state index in [0.717, 1.165) is 34.5 Å². The summed E-state index contributed by atoms with van der Waals surface area (Å²) >= 11 is 1.48. The molecule has 1 aromatic heterocycles. The van der Waals surface area contributed by atoms with Crippen LogP contribution < -0.4 is 5.32 Å². The Bertz CT molecular complexity index is 955. The number of aryl methyl sites for hydroxylation is 3.